The fraction of sp³-hybridized carbons (Fsp3) is 0.500. The van der Waals surface area contributed by atoms with Crippen LogP contribution < -0.4 is 11.1 Å². The van der Waals surface area contributed by atoms with Crippen LogP contribution in [0.25, 0.3) is 11.0 Å². The van der Waals surface area contributed by atoms with E-state index in [1.807, 2.05) is 0 Å². The molecule has 0 spiro atoms. The maximum atomic E-state index is 13.4. The molecule has 2 aromatic rings. The van der Waals surface area contributed by atoms with Crippen LogP contribution in [-0.2, 0) is 15.8 Å². The number of carbonyl (C=O) groups excluding carboxylic acids is 2. The highest BCUT2D eigenvalue weighted by Crippen LogP contribution is 2.38. The van der Waals surface area contributed by atoms with E-state index in [2.05, 4.69) is 20.5 Å². The third kappa shape index (κ3) is 3.96. The van der Waals surface area contributed by atoms with Crippen molar-refractivity contribution in [3.8, 4) is 0 Å². The molecule has 3 rings (SSSR count). The van der Waals surface area contributed by atoms with Crippen LogP contribution in [-0.4, -0.2) is 51.5 Å². The number of hydrogen-bond donors (Lipinski definition) is 3. The number of nitrogen functional groups attached to an aromatic ring is 1. The molecule has 3 heterocycles. The minimum Gasteiger partial charge on any atom is -0.383 e. The van der Waals surface area contributed by atoms with Gasteiger partial charge in [-0.1, -0.05) is 0 Å². The standard InChI is InChI=1S/C16H19F3N6O2/c1-8(26)21-7-12(27)25-4-2-9(3-5-25)11-6-10(16(17,18)19)13-14(20)23-24-15(13)22-11/h6,9H,2-5,7H2,1H3,(H,21,26)(H3,20,22,23,24). The first kappa shape index (κ1) is 18.9. The van der Waals surface area contributed by atoms with Gasteiger partial charge in [0.25, 0.3) is 0 Å². The first-order chi connectivity index (χ1) is 12.7. The SMILES string of the molecule is CC(=O)NCC(=O)N1CCC(c2cc(C(F)(F)F)c3c(N)[nH]nc3n2)CC1. The lowest BCUT2D eigenvalue weighted by atomic mass is 9.91. The summed E-state index contributed by atoms with van der Waals surface area (Å²) in [4.78, 5) is 28.7. The molecular formula is C16H19F3N6O2. The van der Waals surface area contributed by atoms with E-state index in [9.17, 15) is 22.8 Å². The van der Waals surface area contributed by atoms with E-state index >= 15 is 0 Å². The topological polar surface area (TPSA) is 117 Å². The van der Waals surface area contributed by atoms with Crippen molar-refractivity contribution in [1.29, 1.82) is 0 Å². The first-order valence-corrected chi connectivity index (χ1v) is 8.40. The summed E-state index contributed by atoms with van der Waals surface area (Å²) in [6, 6.07) is 1.02. The van der Waals surface area contributed by atoms with E-state index in [1.165, 1.54) is 6.92 Å². The number of H-pyrrole nitrogens is 1. The van der Waals surface area contributed by atoms with Crippen molar-refractivity contribution in [1.82, 2.24) is 25.4 Å². The van der Waals surface area contributed by atoms with Gasteiger partial charge in [-0.25, -0.2) is 4.98 Å². The molecule has 0 bridgehead atoms. The van der Waals surface area contributed by atoms with Crippen LogP contribution in [0.15, 0.2) is 6.07 Å². The molecule has 0 aliphatic carbocycles. The van der Waals surface area contributed by atoms with Crippen LogP contribution in [0.4, 0.5) is 19.0 Å². The molecule has 2 amide bonds. The summed E-state index contributed by atoms with van der Waals surface area (Å²) < 4.78 is 40.3. The van der Waals surface area contributed by atoms with Gasteiger partial charge in [0.15, 0.2) is 5.65 Å². The van der Waals surface area contributed by atoms with Crippen molar-refractivity contribution in [2.24, 2.45) is 0 Å². The number of nitrogens with two attached hydrogens (primary N) is 1. The van der Waals surface area contributed by atoms with Crippen LogP contribution in [0.2, 0.25) is 0 Å². The zero-order valence-electron chi connectivity index (χ0n) is 14.6. The molecule has 4 N–H and O–H groups in total. The van der Waals surface area contributed by atoms with Gasteiger partial charge in [-0.05, 0) is 18.9 Å². The zero-order valence-corrected chi connectivity index (χ0v) is 14.6. The Hall–Kier alpha value is -2.85. The summed E-state index contributed by atoms with van der Waals surface area (Å²) in [7, 11) is 0. The van der Waals surface area contributed by atoms with Gasteiger partial charge in [0.2, 0.25) is 11.8 Å². The number of rotatable bonds is 3. The predicted octanol–water partition coefficient (Wildman–Crippen LogP) is 1.40. The molecule has 1 fully saturated rings. The van der Waals surface area contributed by atoms with Crippen molar-refractivity contribution < 1.29 is 22.8 Å². The van der Waals surface area contributed by atoms with Gasteiger partial charge in [0.1, 0.15) is 5.82 Å². The van der Waals surface area contributed by atoms with E-state index in [-0.39, 0.29) is 46.8 Å². The fourth-order valence-corrected chi connectivity index (χ4v) is 3.24. The highest BCUT2D eigenvalue weighted by molar-refractivity contribution is 5.90. The van der Waals surface area contributed by atoms with Crippen molar-refractivity contribution in [3.05, 3.63) is 17.3 Å². The number of fused-ring (bicyclic) bond motifs is 1. The quantitative estimate of drug-likeness (QED) is 0.740. The summed E-state index contributed by atoms with van der Waals surface area (Å²) in [6.07, 6.45) is -3.63. The molecule has 0 radical (unpaired) electrons. The molecular weight excluding hydrogens is 365 g/mol. The largest absolute Gasteiger partial charge is 0.417 e. The molecule has 0 atom stereocenters. The summed E-state index contributed by atoms with van der Waals surface area (Å²) in [5.41, 5.74) is 4.93. The number of nitrogens with zero attached hydrogens (tertiary/aromatic N) is 3. The Bertz CT molecular complexity index is 871. The number of hydrogen-bond acceptors (Lipinski definition) is 5. The lowest BCUT2D eigenvalue weighted by Gasteiger charge is -2.32. The second-order valence-electron chi connectivity index (χ2n) is 6.49. The number of likely N-dealkylation sites (tertiary alicyclic amines) is 1. The maximum absolute atomic E-state index is 13.4. The molecule has 1 aliphatic heterocycles. The van der Waals surface area contributed by atoms with Crippen LogP contribution in [0.1, 0.15) is 36.9 Å². The number of aromatic nitrogens is 3. The fourth-order valence-electron chi connectivity index (χ4n) is 3.24. The number of halogens is 3. The molecule has 2 aromatic heterocycles. The molecule has 8 nitrogen and oxygen atoms in total. The molecule has 1 saturated heterocycles. The molecule has 146 valence electrons. The third-order valence-corrected chi connectivity index (χ3v) is 4.63. The summed E-state index contributed by atoms with van der Waals surface area (Å²) in [5, 5.41) is 8.32. The maximum Gasteiger partial charge on any atom is 0.417 e. The van der Waals surface area contributed by atoms with Gasteiger partial charge in [-0.15, -0.1) is 0 Å². The number of piperidine rings is 1. The molecule has 27 heavy (non-hydrogen) atoms. The number of amides is 2. The summed E-state index contributed by atoms with van der Waals surface area (Å²) in [5.74, 6) is -0.912. The van der Waals surface area contributed by atoms with E-state index in [0.29, 0.717) is 25.9 Å². The van der Waals surface area contributed by atoms with Crippen molar-refractivity contribution in [3.63, 3.8) is 0 Å². The Labute approximate surface area is 152 Å². The second kappa shape index (κ2) is 7.05. The van der Waals surface area contributed by atoms with Crippen LogP contribution in [0.5, 0.6) is 0 Å². The highest BCUT2D eigenvalue weighted by atomic mass is 19.4. The van der Waals surface area contributed by atoms with Gasteiger partial charge in [0.05, 0.1) is 17.5 Å². The van der Waals surface area contributed by atoms with Gasteiger partial charge >= 0.3 is 6.18 Å². The predicted molar refractivity (Wildman–Crippen MR) is 90.5 cm³/mol. The zero-order chi connectivity index (χ0) is 19.8. The van der Waals surface area contributed by atoms with Gasteiger partial charge in [-0.3, -0.25) is 14.7 Å². The van der Waals surface area contributed by atoms with E-state index in [1.54, 1.807) is 4.90 Å². The van der Waals surface area contributed by atoms with E-state index in [0.717, 1.165) is 6.07 Å². The van der Waals surface area contributed by atoms with E-state index in [4.69, 9.17) is 5.73 Å². The van der Waals surface area contributed by atoms with Crippen molar-refractivity contribution >= 4 is 28.7 Å². The summed E-state index contributed by atoms with van der Waals surface area (Å²) in [6.45, 7) is 2.00. The Balaban J connectivity index is 1.78. The number of carbonyl (C=O) groups is 2. The summed E-state index contributed by atoms with van der Waals surface area (Å²) >= 11 is 0. The Morgan fingerprint density at radius 1 is 1.37 bits per heavy atom. The van der Waals surface area contributed by atoms with Crippen LogP contribution in [0.3, 0.4) is 0 Å². The van der Waals surface area contributed by atoms with Gasteiger partial charge < -0.3 is 16.0 Å². The highest BCUT2D eigenvalue weighted by Gasteiger charge is 2.36. The third-order valence-electron chi connectivity index (χ3n) is 4.63. The number of anilines is 1. The Kier molecular flexibility index (Phi) is 4.94. The van der Waals surface area contributed by atoms with Crippen molar-refractivity contribution in [2.45, 2.75) is 31.9 Å². The number of pyridine rings is 1. The smallest absolute Gasteiger partial charge is 0.383 e. The lowest BCUT2D eigenvalue weighted by Crippen LogP contribution is -2.43. The normalized spacial score (nSPS) is 15.9. The number of alkyl halides is 3. The van der Waals surface area contributed by atoms with Crippen LogP contribution in [0, 0.1) is 0 Å². The lowest BCUT2D eigenvalue weighted by molar-refractivity contribution is -0.136. The molecule has 0 unspecified atom stereocenters. The molecule has 1 aliphatic rings. The number of nitrogens with one attached hydrogen (secondary N) is 2. The van der Waals surface area contributed by atoms with E-state index < -0.39 is 11.7 Å². The van der Waals surface area contributed by atoms with Crippen LogP contribution >= 0.6 is 0 Å². The molecule has 11 heteroatoms. The Morgan fingerprint density at radius 3 is 2.63 bits per heavy atom. The Morgan fingerprint density at radius 2 is 2.04 bits per heavy atom. The van der Waals surface area contributed by atoms with Crippen molar-refractivity contribution in [2.75, 3.05) is 25.4 Å². The monoisotopic (exact) mass is 384 g/mol. The number of aromatic amines is 1. The second-order valence-corrected chi connectivity index (χ2v) is 6.49. The average Bonchev–Trinajstić information content (AvgIpc) is 2.99. The van der Waals surface area contributed by atoms with Gasteiger partial charge in [-0.2, -0.15) is 18.3 Å². The first-order valence-electron chi connectivity index (χ1n) is 8.40. The minimum atomic E-state index is -4.58. The average molecular weight is 384 g/mol. The molecule has 0 aromatic carbocycles. The minimum absolute atomic E-state index is 0.0681. The van der Waals surface area contributed by atoms with Gasteiger partial charge in [0, 0.05) is 31.6 Å². The molecule has 0 saturated carbocycles.